The highest BCUT2D eigenvalue weighted by Gasteiger charge is 2.31. The van der Waals surface area contributed by atoms with Gasteiger partial charge >= 0.3 is 6.09 Å². The largest absolute Gasteiger partial charge is 0.444 e. The predicted molar refractivity (Wildman–Crippen MR) is 89.5 cm³/mol. The fraction of sp³-hybridized carbons (Fsp3) is 0.368. The highest BCUT2D eigenvalue weighted by atomic mass is 19.1. The van der Waals surface area contributed by atoms with Gasteiger partial charge in [-0.05, 0) is 43.5 Å². The summed E-state index contributed by atoms with van der Waals surface area (Å²) in [5.74, 6) is 0.222. The van der Waals surface area contributed by atoms with Gasteiger partial charge in [0.05, 0.1) is 12.2 Å². The number of aromatic nitrogens is 1. The molecule has 1 saturated heterocycles. The van der Waals surface area contributed by atoms with Gasteiger partial charge in [-0.1, -0.05) is 13.0 Å². The van der Waals surface area contributed by atoms with Gasteiger partial charge in [0, 0.05) is 28.9 Å². The predicted octanol–water partition coefficient (Wildman–Crippen LogP) is 4.50. The number of rotatable bonds is 4. The first kappa shape index (κ1) is 15.1. The van der Waals surface area contributed by atoms with Gasteiger partial charge in [0.25, 0.3) is 0 Å². The van der Waals surface area contributed by atoms with E-state index in [1.807, 2.05) is 19.1 Å². The van der Waals surface area contributed by atoms with Crippen LogP contribution in [0.5, 0.6) is 0 Å². The molecule has 24 heavy (non-hydrogen) atoms. The number of carbonyl (C=O) groups excluding carboxylic acids is 1. The number of hydrogen-bond donors (Lipinski definition) is 0. The number of cyclic esters (lactones) is 1. The Morgan fingerprint density at radius 1 is 1.29 bits per heavy atom. The van der Waals surface area contributed by atoms with Crippen LogP contribution in [0.3, 0.4) is 0 Å². The van der Waals surface area contributed by atoms with E-state index in [0.717, 1.165) is 17.7 Å². The zero-order valence-electron chi connectivity index (χ0n) is 13.5. The van der Waals surface area contributed by atoms with Gasteiger partial charge in [0.1, 0.15) is 11.9 Å². The van der Waals surface area contributed by atoms with Crippen molar-refractivity contribution in [2.24, 2.45) is 0 Å². The molecular formula is C19H19FN2O2. The van der Waals surface area contributed by atoms with Gasteiger partial charge in [-0.25, -0.2) is 9.18 Å². The van der Waals surface area contributed by atoms with Crippen LogP contribution in [0.4, 0.5) is 14.9 Å². The van der Waals surface area contributed by atoms with Crippen LogP contribution < -0.4 is 4.90 Å². The SMILES string of the molecule is CC[C@H]1CN(c2ccc(-c3ccc(C4CC4)nc3)c(F)c2)C(=O)O1. The Hall–Kier alpha value is -2.43. The summed E-state index contributed by atoms with van der Waals surface area (Å²) in [5.41, 5.74) is 2.85. The molecule has 1 aromatic carbocycles. The summed E-state index contributed by atoms with van der Waals surface area (Å²) in [6.45, 7) is 2.43. The third kappa shape index (κ3) is 2.75. The summed E-state index contributed by atoms with van der Waals surface area (Å²) in [4.78, 5) is 17.8. The summed E-state index contributed by atoms with van der Waals surface area (Å²) in [5, 5.41) is 0. The first-order chi connectivity index (χ1) is 11.7. The van der Waals surface area contributed by atoms with E-state index in [4.69, 9.17) is 4.74 Å². The van der Waals surface area contributed by atoms with Crippen LogP contribution in [0, 0.1) is 5.82 Å². The molecule has 2 heterocycles. The van der Waals surface area contributed by atoms with E-state index >= 15 is 0 Å². The molecule has 2 aliphatic rings. The van der Waals surface area contributed by atoms with E-state index in [-0.39, 0.29) is 11.9 Å². The van der Waals surface area contributed by atoms with Crippen molar-refractivity contribution in [2.75, 3.05) is 11.4 Å². The summed E-state index contributed by atoms with van der Waals surface area (Å²) < 4.78 is 19.8. The zero-order valence-corrected chi connectivity index (χ0v) is 13.5. The fourth-order valence-corrected chi connectivity index (χ4v) is 3.04. The molecule has 1 aromatic heterocycles. The molecule has 5 heteroatoms. The number of halogens is 1. The van der Waals surface area contributed by atoms with Gasteiger partial charge in [-0.2, -0.15) is 0 Å². The Morgan fingerprint density at radius 3 is 2.71 bits per heavy atom. The lowest BCUT2D eigenvalue weighted by molar-refractivity contribution is 0.139. The second kappa shape index (κ2) is 5.89. The van der Waals surface area contributed by atoms with Gasteiger partial charge in [0.15, 0.2) is 0 Å². The van der Waals surface area contributed by atoms with E-state index in [9.17, 15) is 9.18 Å². The molecule has 0 unspecified atom stereocenters. The van der Waals surface area contributed by atoms with E-state index in [1.165, 1.54) is 23.8 Å². The number of nitrogens with zero attached hydrogens (tertiary/aromatic N) is 2. The van der Waals surface area contributed by atoms with Crippen LogP contribution in [0.2, 0.25) is 0 Å². The number of hydrogen-bond acceptors (Lipinski definition) is 3. The maximum absolute atomic E-state index is 14.6. The lowest BCUT2D eigenvalue weighted by atomic mass is 10.1. The summed E-state index contributed by atoms with van der Waals surface area (Å²) in [7, 11) is 0. The van der Waals surface area contributed by atoms with Crippen molar-refractivity contribution in [2.45, 2.75) is 38.2 Å². The molecule has 1 aliphatic carbocycles. The number of anilines is 1. The van der Waals surface area contributed by atoms with Crippen molar-refractivity contribution in [1.82, 2.24) is 4.98 Å². The van der Waals surface area contributed by atoms with Gasteiger partial charge in [0.2, 0.25) is 0 Å². The van der Waals surface area contributed by atoms with E-state index < -0.39 is 6.09 Å². The number of amides is 1. The third-order valence-corrected chi connectivity index (χ3v) is 4.69. The highest BCUT2D eigenvalue weighted by Crippen LogP contribution is 2.39. The molecule has 4 rings (SSSR count). The van der Waals surface area contributed by atoms with Gasteiger partial charge in [-0.3, -0.25) is 9.88 Å². The van der Waals surface area contributed by atoms with E-state index in [1.54, 1.807) is 18.3 Å². The Labute approximate surface area is 140 Å². The van der Waals surface area contributed by atoms with E-state index in [0.29, 0.717) is 23.7 Å². The van der Waals surface area contributed by atoms with Crippen LogP contribution in [0.15, 0.2) is 36.5 Å². The minimum atomic E-state index is -0.413. The molecular weight excluding hydrogens is 307 g/mol. The smallest absolute Gasteiger partial charge is 0.414 e. The number of ether oxygens (including phenoxy) is 1. The van der Waals surface area contributed by atoms with Crippen LogP contribution in [0.25, 0.3) is 11.1 Å². The Balaban J connectivity index is 1.58. The number of pyridine rings is 1. The van der Waals surface area contributed by atoms with Crippen molar-refractivity contribution < 1.29 is 13.9 Å². The molecule has 4 nitrogen and oxygen atoms in total. The minimum Gasteiger partial charge on any atom is -0.444 e. The second-order valence-electron chi connectivity index (χ2n) is 6.43. The second-order valence-corrected chi connectivity index (χ2v) is 6.43. The van der Waals surface area contributed by atoms with Crippen molar-refractivity contribution in [3.63, 3.8) is 0 Å². The molecule has 1 atom stereocenters. The number of carbonyl (C=O) groups is 1. The first-order valence-corrected chi connectivity index (χ1v) is 8.39. The average Bonchev–Trinajstić information content (AvgIpc) is 3.37. The summed E-state index contributed by atoms with van der Waals surface area (Å²) >= 11 is 0. The standard InChI is InChI=1S/C19H19FN2O2/c1-2-15-11-22(19(23)24-15)14-6-7-16(17(20)9-14)13-5-8-18(21-10-13)12-3-4-12/h5-10,12,15H,2-4,11H2,1H3/t15-/m0/s1. The molecule has 0 bridgehead atoms. The zero-order chi connectivity index (χ0) is 16.7. The average molecular weight is 326 g/mol. The summed E-state index contributed by atoms with van der Waals surface area (Å²) in [6, 6.07) is 8.74. The Bertz CT molecular complexity index is 771. The maximum atomic E-state index is 14.6. The van der Waals surface area contributed by atoms with E-state index in [2.05, 4.69) is 4.98 Å². The van der Waals surface area contributed by atoms with Gasteiger partial charge in [-0.15, -0.1) is 0 Å². The van der Waals surface area contributed by atoms with Crippen LogP contribution in [0.1, 0.15) is 37.8 Å². The Kier molecular flexibility index (Phi) is 3.71. The van der Waals surface area contributed by atoms with Crippen LogP contribution >= 0.6 is 0 Å². The maximum Gasteiger partial charge on any atom is 0.414 e. The molecule has 0 N–H and O–H groups in total. The number of benzene rings is 1. The first-order valence-electron chi connectivity index (χ1n) is 8.39. The summed E-state index contributed by atoms with van der Waals surface area (Å²) in [6.07, 6.45) is 4.33. The quantitative estimate of drug-likeness (QED) is 0.831. The van der Waals surface area contributed by atoms with Crippen molar-refractivity contribution in [3.05, 3.63) is 48.0 Å². The monoisotopic (exact) mass is 326 g/mol. The molecule has 0 radical (unpaired) electrons. The third-order valence-electron chi connectivity index (χ3n) is 4.69. The molecule has 2 aromatic rings. The molecule has 1 amide bonds. The molecule has 0 spiro atoms. The van der Waals surface area contributed by atoms with Crippen LogP contribution in [-0.2, 0) is 4.74 Å². The molecule has 1 saturated carbocycles. The molecule has 2 fully saturated rings. The lowest BCUT2D eigenvalue weighted by Gasteiger charge is -2.14. The Morgan fingerprint density at radius 2 is 2.12 bits per heavy atom. The highest BCUT2D eigenvalue weighted by molar-refractivity contribution is 5.90. The van der Waals surface area contributed by atoms with Crippen molar-refractivity contribution >= 4 is 11.8 Å². The van der Waals surface area contributed by atoms with Crippen molar-refractivity contribution in [3.8, 4) is 11.1 Å². The normalized spacial score (nSPS) is 20.3. The molecule has 124 valence electrons. The lowest BCUT2D eigenvalue weighted by Crippen LogP contribution is -2.24. The van der Waals surface area contributed by atoms with Crippen molar-refractivity contribution in [1.29, 1.82) is 0 Å². The minimum absolute atomic E-state index is 0.126. The van der Waals surface area contributed by atoms with Crippen LogP contribution in [-0.4, -0.2) is 23.7 Å². The fourth-order valence-electron chi connectivity index (χ4n) is 3.04. The molecule has 1 aliphatic heterocycles. The van der Waals surface area contributed by atoms with Gasteiger partial charge < -0.3 is 4.74 Å². The topological polar surface area (TPSA) is 42.4 Å².